The highest BCUT2D eigenvalue weighted by atomic mass is 35.5. The molecule has 2 aromatic heterocycles. The van der Waals surface area contributed by atoms with Crippen molar-refractivity contribution in [2.75, 3.05) is 19.5 Å². The number of fused-ring (bicyclic) bond motifs is 1. The maximum atomic E-state index is 14.0. The van der Waals surface area contributed by atoms with Gasteiger partial charge < -0.3 is 25.8 Å². The summed E-state index contributed by atoms with van der Waals surface area (Å²) in [4.78, 5) is 20.1. The van der Waals surface area contributed by atoms with E-state index in [1.165, 1.54) is 13.2 Å². The van der Waals surface area contributed by atoms with Gasteiger partial charge in [-0.25, -0.2) is 9.97 Å². The molecule has 2 aliphatic rings. The molecule has 12 heteroatoms. The standard InChI is InChI=1S/C36H37ClF3N5O3/c1-47-31-18-29(34(36(38,39)40)44-30(31)19-41)43-27-16-14-23-22(8-4-9-24(23)27)25-10-5-11-26(33(25)37)28-15-12-20(35(45-28)48-2)6-3-7-21-13-17-32(46)42-21/h4-5,8-12,15,18,21,27,43H,3,6-7,13-14,16-17,19,41H2,1-2H3,(H,42,46)/t21-,27+/m1/s1. The molecule has 1 aliphatic carbocycles. The number of hydrogen-bond donors (Lipinski definition) is 3. The van der Waals surface area contributed by atoms with Crippen molar-refractivity contribution >= 4 is 23.2 Å². The fraction of sp³-hybridized carbons (Fsp3) is 0.361. The molecule has 2 atom stereocenters. The minimum atomic E-state index is -4.68. The summed E-state index contributed by atoms with van der Waals surface area (Å²) in [7, 11) is 2.97. The monoisotopic (exact) mass is 679 g/mol. The van der Waals surface area contributed by atoms with Crippen LogP contribution in [0.15, 0.2) is 54.6 Å². The number of nitrogens with one attached hydrogen (secondary N) is 2. The molecule has 1 saturated heterocycles. The van der Waals surface area contributed by atoms with Crippen molar-refractivity contribution < 1.29 is 27.4 Å². The molecular weight excluding hydrogens is 643 g/mol. The van der Waals surface area contributed by atoms with Gasteiger partial charge in [-0.1, -0.05) is 54.1 Å². The number of aromatic nitrogens is 2. The fourth-order valence-corrected chi connectivity index (χ4v) is 7.11. The van der Waals surface area contributed by atoms with Crippen LogP contribution < -0.4 is 25.8 Å². The van der Waals surface area contributed by atoms with E-state index < -0.39 is 11.9 Å². The number of carbonyl (C=O) groups is 1. The summed E-state index contributed by atoms with van der Waals surface area (Å²) < 4.78 is 53.1. The minimum Gasteiger partial charge on any atom is -0.495 e. The SMILES string of the molecule is COc1cc(N[C@H]2CCc3c(-c4cccc(-c5ccc(CCC[C@@H]6CCC(=O)N6)c(OC)n5)c4Cl)cccc32)c(C(F)(F)F)nc1CN. The van der Waals surface area contributed by atoms with Crippen LogP contribution in [-0.4, -0.2) is 36.1 Å². The Morgan fingerprint density at radius 1 is 1.00 bits per heavy atom. The zero-order valence-corrected chi connectivity index (χ0v) is 27.5. The molecule has 8 nitrogen and oxygen atoms in total. The summed E-state index contributed by atoms with van der Waals surface area (Å²) >= 11 is 7.09. The number of hydrogen-bond acceptors (Lipinski definition) is 7. The van der Waals surface area contributed by atoms with Crippen LogP contribution in [0.25, 0.3) is 22.4 Å². The highest BCUT2D eigenvalue weighted by molar-refractivity contribution is 6.36. The number of anilines is 1. The van der Waals surface area contributed by atoms with Crippen molar-refractivity contribution in [1.29, 1.82) is 0 Å². The molecule has 252 valence electrons. The first-order valence-corrected chi connectivity index (χ1v) is 16.3. The number of carbonyl (C=O) groups excluding carboxylic acids is 1. The molecule has 4 aromatic rings. The molecule has 0 spiro atoms. The van der Waals surface area contributed by atoms with Crippen LogP contribution >= 0.6 is 11.6 Å². The van der Waals surface area contributed by atoms with Gasteiger partial charge in [0, 0.05) is 41.8 Å². The summed E-state index contributed by atoms with van der Waals surface area (Å²) in [6.45, 7) is -0.184. The molecule has 1 amide bonds. The number of nitrogens with zero attached hydrogens (tertiary/aromatic N) is 2. The van der Waals surface area contributed by atoms with E-state index in [1.54, 1.807) is 7.11 Å². The Morgan fingerprint density at radius 2 is 1.77 bits per heavy atom. The van der Waals surface area contributed by atoms with Crippen molar-refractivity contribution in [2.24, 2.45) is 5.73 Å². The second kappa shape index (κ2) is 14.0. The largest absolute Gasteiger partial charge is 0.495 e. The van der Waals surface area contributed by atoms with Gasteiger partial charge in [-0.15, -0.1) is 0 Å². The number of methoxy groups -OCH3 is 2. The predicted molar refractivity (Wildman–Crippen MR) is 179 cm³/mol. The molecule has 4 N–H and O–H groups in total. The third kappa shape index (κ3) is 6.79. The zero-order chi connectivity index (χ0) is 34.0. The quantitative estimate of drug-likeness (QED) is 0.149. The number of pyridine rings is 2. The van der Waals surface area contributed by atoms with Crippen LogP contribution in [0.5, 0.6) is 11.6 Å². The predicted octanol–water partition coefficient (Wildman–Crippen LogP) is 7.66. The van der Waals surface area contributed by atoms with Crippen LogP contribution in [0, 0.1) is 0 Å². The van der Waals surface area contributed by atoms with Crippen LogP contribution in [0.3, 0.4) is 0 Å². The summed E-state index contributed by atoms with van der Waals surface area (Å²) in [6.07, 6.45) is 0.570. The lowest BCUT2D eigenvalue weighted by molar-refractivity contribution is -0.140. The van der Waals surface area contributed by atoms with E-state index in [1.807, 2.05) is 48.5 Å². The smallest absolute Gasteiger partial charge is 0.435 e. The molecule has 0 saturated carbocycles. The Labute approximate surface area is 282 Å². The summed E-state index contributed by atoms with van der Waals surface area (Å²) in [5, 5.41) is 6.63. The highest BCUT2D eigenvalue weighted by Gasteiger charge is 2.38. The van der Waals surface area contributed by atoms with E-state index in [9.17, 15) is 18.0 Å². The summed E-state index contributed by atoms with van der Waals surface area (Å²) in [5.41, 5.74) is 10.5. The average Bonchev–Trinajstić information content (AvgIpc) is 3.69. The number of rotatable bonds is 11. The van der Waals surface area contributed by atoms with Crippen LogP contribution in [0.1, 0.15) is 66.2 Å². The van der Waals surface area contributed by atoms with E-state index in [2.05, 4.69) is 15.6 Å². The zero-order valence-electron chi connectivity index (χ0n) is 26.7. The first-order chi connectivity index (χ1) is 23.1. The number of aryl methyl sites for hydroxylation is 1. The number of nitrogens with two attached hydrogens (primary N) is 1. The lowest BCUT2D eigenvalue weighted by Crippen LogP contribution is -2.25. The van der Waals surface area contributed by atoms with E-state index in [-0.39, 0.29) is 41.7 Å². The second-order valence-electron chi connectivity index (χ2n) is 12.1. The van der Waals surface area contributed by atoms with Gasteiger partial charge in [0.05, 0.1) is 42.4 Å². The van der Waals surface area contributed by atoms with Gasteiger partial charge in [-0.3, -0.25) is 4.79 Å². The Bertz CT molecular complexity index is 1830. The van der Waals surface area contributed by atoms with Gasteiger partial charge in [0.1, 0.15) is 5.75 Å². The van der Waals surface area contributed by atoms with E-state index in [0.717, 1.165) is 59.1 Å². The lowest BCUT2D eigenvalue weighted by Gasteiger charge is -2.21. The molecule has 0 unspecified atom stereocenters. The lowest BCUT2D eigenvalue weighted by atomic mass is 9.94. The average molecular weight is 680 g/mol. The van der Waals surface area contributed by atoms with Gasteiger partial charge >= 0.3 is 6.18 Å². The van der Waals surface area contributed by atoms with Gasteiger partial charge in [0.25, 0.3) is 0 Å². The number of ether oxygens (including phenoxy) is 2. The van der Waals surface area contributed by atoms with Crippen molar-refractivity contribution in [1.82, 2.24) is 15.3 Å². The number of alkyl halides is 3. The fourth-order valence-electron chi connectivity index (χ4n) is 6.78. The molecule has 1 fully saturated rings. The molecule has 3 heterocycles. The maximum Gasteiger partial charge on any atom is 0.435 e. The molecule has 0 bridgehead atoms. The molecular formula is C36H37ClF3N5O3. The first-order valence-electron chi connectivity index (χ1n) is 16.0. The Balaban J connectivity index is 1.26. The Morgan fingerprint density at radius 3 is 2.48 bits per heavy atom. The summed E-state index contributed by atoms with van der Waals surface area (Å²) in [6, 6.07) is 16.7. The van der Waals surface area contributed by atoms with Gasteiger partial charge in [-0.05, 0) is 61.3 Å². The number of benzene rings is 2. The Hall–Kier alpha value is -4.35. The van der Waals surface area contributed by atoms with Crippen LogP contribution in [0.4, 0.5) is 18.9 Å². The number of halogens is 4. The molecule has 48 heavy (non-hydrogen) atoms. The van der Waals surface area contributed by atoms with Gasteiger partial charge in [0.2, 0.25) is 11.8 Å². The molecule has 2 aromatic carbocycles. The molecule has 0 radical (unpaired) electrons. The highest BCUT2D eigenvalue weighted by Crippen LogP contribution is 2.45. The van der Waals surface area contributed by atoms with Crippen molar-refractivity contribution in [3.8, 4) is 34.0 Å². The van der Waals surface area contributed by atoms with Gasteiger partial charge in [-0.2, -0.15) is 13.2 Å². The second-order valence-corrected chi connectivity index (χ2v) is 12.4. The van der Waals surface area contributed by atoms with Crippen molar-refractivity contribution in [3.05, 3.63) is 87.7 Å². The van der Waals surface area contributed by atoms with E-state index in [0.29, 0.717) is 35.9 Å². The minimum absolute atomic E-state index is 0.0383. The maximum absolute atomic E-state index is 14.0. The van der Waals surface area contributed by atoms with E-state index >= 15 is 0 Å². The number of amides is 1. The van der Waals surface area contributed by atoms with Gasteiger partial charge in [0.15, 0.2) is 5.69 Å². The van der Waals surface area contributed by atoms with Crippen molar-refractivity contribution in [2.45, 2.75) is 69.8 Å². The third-order valence-corrected chi connectivity index (χ3v) is 9.53. The first kappa shape index (κ1) is 33.5. The summed E-state index contributed by atoms with van der Waals surface area (Å²) in [5.74, 6) is 0.843. The molecule has 1 aliphatic heterocycles. The van der Waals surface area contributed by atoms with Crippen LogP contribution in [-0.2, 0) is 30.4 Å². The van der Waals surface area contributed by atoms with E-state index in [4.69, 9.17) is 31.8 Å². The van der Waals surface area contributed by atoms with Crippen LogP contribution in [0.2, 0.25) is 5.02 Å². The topological polar surface area (TPSA) is 111 Å². The molecule has 6 rings (SSSR count). The Kier molecular flexibility index (Phi) is 9.80. The normalized spacial score (nSPS) is 17.3. The van der Waals surface area contributed by atoms with Crippen molar-refractivity contribution in [3.63, 3.8) is 0 Å². The third-order valence-electron chi connectivity index (χ3n) is 9.12.